The molecule has 68 valence electrons. The van der Waals surface area contributed by atoms with E-state index in [9.17, 15) is 0 Å². The molecule has 4 heteroatoms. The molecule has 1 rings (SSSR count). The lowest BCUT2D eigenvalue weighted by Crippen LogP contribution is -1.82. The highest BCUT2D eigenvalue weighted by molar-refractivity contribution is 7.99. The highest BCUT2D eigenvalue weighted by Gasteiger charge is 1.90. The molecular formula is C9H11N3S. The number of azide groups is 1. The third-order valence-corrected chi connectivity index (χ3v) is 2.58. The maximum atomic E-state index is 8.03. The maximum absolute atomic E-state index is 8.03. The summed E-state index contributed by atoms with van der Waals surface area (Å²) in [4.78, 5) is 3.96. The Labute approximate surface area is 81.8 Å². The highest BCUT2D eigenvalue weighted by atomic mass is 32.2. The molecule has 3 nitrogen and oxygen atoms in total. The summed E-state index contributed by atoms with van der Waals surface area (Å²) >= 11 is 1.79. The van der Waals surface area contributed by atoms with Gasteiger partial charge in [0.25, 0.3) is 0 Å². The van der Waals surface area contributed by atoms with Gasteiger partial charge < -0.3 is 0 Å². The van der Waals surface area contributed by atoms with Crippen LogP contribution in [0, 0.1) is 0 Å². The first kappa shape index (κ1) is 9.96. The smallest absolute Gasteiger partial charge is 0.0265 e. The Morgan fingerprint density at radius 3 is 2.77 bits per heavy atom. The zero-order valence-electron chi connectivity index (χ0n) is 7.26. The normalized spacial score (nSPS) is 9.23. The first-order valence-electron chi connectivity index (χ1n) is 4.12. The fourth-order valence-electron chi connectivity index (χ4n) is 0.887. The van der Waals surface area contributed by atoms with Crippen LogP contribution < -0.4 is 0 Å². The summed E-state index contributed by atoms with van der Waals surface area (Å²) in [6.45, 7) is 0.594. The Morgan fingerprint density at radius 1 is 1.31 bits per heavy atom. The zero-order valence-corrected chi connectivity index (χ0v) is 8.07. The SMILES string of the molecule is [N-]=[N+]=NCCCSc1ccccc1. The van der Waals surface area contributed by atoms with E-state index in [0.29, 0.717) is 6.54 Å². The monoisotopic (exact) mass is 193 g/mol. The van der Waals surface area contributed by atoms with Gasteiger partial charge in [0.05, 0.1) is 0 Å². The van der Waals surface area contributed by atoms with Crippen LogP contribution in [0.15, 0.2) is 40.3 Å². The lowest BCUT2D eigenvalue weighted by atomic mass is 10.4. The highest BCUT2D eigenvalue weighted by Crippen LogP contribution is 2.17. The molecular weight excluding hydrogens is 182 g/mol. The van der Waals surface area contributed by atoms with Crippen LogP contribution in [0.1, 0.15) is 6.42 Å². The second kappa shape index (κ2) is 6.40. The van der Waals surface area contributed by atoms with Crippen LogP contribution in [0.2, 0.25) is 0 Å². The Hall–Kier alpha value is -1.12. The van der Waals surface area contributed by atoms with Crippen LogP contribution in [0.25, 0.3) is 10.4 Å². The molecule has 0 fully saturated rings. The van der Waals surface area contributed by atoms with Crippen molar-refractivity contribution >= 4 is 11.8 Å². The number of benzene rings is 1. The van der Waals surface area contributed by atoms with Crippen molar-refractivity contribution in [1.82, 2.24) is 0 Å². The minimum absolute atomic E-state index is 0.594. The number of thioether (sulfide) groups is 1. The van der Waals surface area contributed by atoms with E-state index >= 15 is 0 Å². The number of rotatable bonds is 5. The molecule has 0 unspecified atom stereocenters. The summed E-state index contributed by atoms with van der Waals surface area (Å²) in [6.07, 6.45) is 0.934. The standard InChI is InChI=1S/C9H11N3S/c10-12-11-7-4-8-13-9-5-2-1-3-6-9/h1-3,5-6H,4,7-8H2. The van der Waals surface area contributed by atoms with E-state index < -0.39 is 0 Å². The van der Waals surface area contributed by atoms with E-state index in [1.54, 1.807) is 11.8 Å². The molecule has 0 bridgehead atoms. The topological polar surface area (TPSA) is 48.8 Å². The molecule has 0 saturated carbocycles. The average molecular weight is 193 g/mol. The van der Waals surface area contributed by atoms with Crippen LogP contribution >= 0.6 is 11.8 Å². The van der Waals surface area contributed by atoms with Gasteiger partial charge in [-0.1, -0.05) is 23.3 Å². The van der Waals surface area contributed by atoms with Crippen LogP contribution in [-0.4, -0.2) is 12.3 Å². The predicted molar refractivity (Wildman–Crippen MR) is 55.8 cm³/mol. The fraction of sp³-hybridized carbons (Fsp3) is 0.333. The quantitative estimate of drug-likeness (QED) is 0.232. The maximum Gasteiger partial charge on any atom is 0.0265 e. The molecule has 0 aliphatic rings. The van der Waals surface area contributed by atoms with Crippen LogP contribution in [0.5, 0.6) is 0 Å². The molecule has 0 spiro atoms. The van der Waals surface area contributed by atoms with Gasteiger partial charge in [-0.25, -0.2) is 0 Å². The molecule has 0 radical (unpaired) electrons. The summed E-state index contributed by atoms with van der Waals surface area (Å²) in [5.74, 6) is 1.00. The molecule has 0 saturated heterocycles. The largest absolute Gasteiger partial charge is 0.126 e. The van der Waals surface area contributed by atoms with E-state index in [0.717, 1.165) is 12.2 Å². The van der Waals surface area contributed by atoms with Gasteiger partial charge in [0.1, 0.15) is 0 Å². The molecule has 1 aromatic carbocycles. The van der Waals surface area contributed by atoms with Gasteiger partial charge in [0, 0.05) is 16.4 Å². The minimum Gasteiger partial charge on any atom is -0.126 e. The van der Waals surface area contributed by atoms with Gasteiger partial charge in [-0.05, 0) is 29.8 Å². The average Bonchev–Trinajstić information content (AvgIpc) is 2.19. The van der Waals surface area contributed by atoms with E-state index in [4.69, 9.17) is 5.53 Å². The zero-order chi connectivity index (χ0) is 9.36. The molecule has 0 aliphatic carbocycles. The first-order chi connectivity index (χ1) is 6.43. The van der Waals surface area contributed by atoms with Gasteiger partial charge in [-0.2, -0.15) is 0 Å². The van der Waals surface area contributed by atoms with Crippen molar-refractivity contribution in [2.75, 3.05) is 12.3 Å². The van der Waals surface area contributed by atoms with E-state index in [1.807, 2.05) is 18.2 Å². The molecule has 1 aromatic rings. The van der Waals surface area contributed by atoms with E-state index in [-0.39, 0.29) is 0 Å². The summed E-state index contributed by atoms with van der Waals surface area (Å²) in [7, 11) is 0. The molecule has 0 aliphatic heterocycles. The summed E-state index contributed by atoms with van der Waals surface area (Å²) < 4.78 is 0. The predicted octanol–water partition coefficient (Wildman–Crippen LogP) is 3.48. The summed E-state index contributed by atoms with van der Waals surface area (Å²) in [5.41, 5.74) is 8.03. The molecule has 0 atom stereocenters. The van der Waals surface area contributed by atoms with Gasteiger partial charge in [-0.15, -0.1) is 11.8 Å². The van der Waals surface area contributed by atoms with Crippen LogP contribution in [-0.2, 0) is 0 Å². The van der Waals surface area contributed by atoms with Gasteiger partial charge >= 0.3 is 0 Å². The summed E-state index contributed by atoms with van der Waals surface area (Å²) in [5, 5.41) is 3.47. The van der Waals surface area contributed by atoms with Crippen LogP contribution in [0.4, 0.5) is 0 Å². The fourth-order valence-corrected chi connectivity index (χ4v) is 1.75. The van der Waals surface area contributed by atoms with Crippen molar-refractivity contribution in [2.24, 2.45) is 5.11 Å². The lowest BCUT2D eigenvalue weighted by molar-refractivity contribution is 0.932. The second-order valence-electron chi connectivity index (χ2n) is 2.47. The number of hydrogen-bond acceptors (Lipinski definition) is 2. The van der Waals surface area contributed by atoms with Gasteiger partial charge in [0.15, 0.2) is 0 Å². The van der Waals surface area contributed by atoms with Gasteiger partial charge in [0.2, 0.25) is 0 Å². The third-order valence-electron chi connectivity index (χ3n) is 1.48. The van der Waals surface area contributed by atoms with Crippen molar-refractivity contribution in [3.63, 3.8) is 0 Å². The molecule has 0 amide bonds. The van der Waals surface area contributed by atoms with Crippen molar-refractivity contribution in [2.45, 2.75) is 11.3 Å². The van der Waals surface area contributed by atoms with Gasteiger partial charge in [-0.3, -0.25) is 0 Å². The summed E-state index contributed by atoms with van der Waals surface area (Å²) in [6, 6.07) is 10.2. The number of nitrogens with zero attached hydrogens (tertiary/aromatic N) is 3. The number of hydrogen-bond donors (Lipinski definition) is 0. The Morgan fingerprint density at radius 2 is 2.08 bits per heavy atom. The molecule has 0 heterocycles. The molecule has 0 aromatic heterocycles. The van der Waals surface area contributed by atoms with E-state index in [2.05, 4.69) is 22.2 Å². The second-order valence-corrected chi connectivity index (χ2v) is 3.64. The van der Waals surface area contributed by atoms with E-state index in [1.165, 1.54) is 4.90 Å². The minimum atomic E-state index is 0.594. The lowest BCUT2D eigenvalue weighted by Gasteiger charge is -1.98. The van der Waals surface area contributed by atoms with Crippen molar-refractivity contribution < 1.29 is 0 Å². The van der Waals surface area contributed by atoms with Crippen LogP contribution in [0.3, 0.4) is 0 Å². The Balaban J connectivity index is 2.17. The molecule has 0 N–H and O–H groups in total. The Bertz CT molecular complexity index is 280. The molecule has 13 heavy (non-hydrogen) atoms. The van der Waals surface area contributed by atoms with Crippen molar-refractivity contribution in [3.05, 3.63) is 40.8 Å². The third kappa shape index (κ3) is 4.45. The van der Waals surface area contributed by atoms with Crippen molar-refractivity contribution in [1.29, 1.82) is 0 Å². The Kier molecular flexibility index (Phi) is 4.91. The van der Waals surface area contributed by atoms with Crippen molar-refractivity contribution in [3.8, 4) is 0 Å². The first-order valence-corrected chi connectivity index (χ1v) is 5.11.